The third-order valence-electron chi connectivity index (χ3n) is 8.15. The molecule has 0 amide bonds. The van der Waals surface area contributed by atoms with Crippen LogP contribution in [-0.4, -0.2) is 29.9 Å². The van der Waals surface area contributed by atoms with E-state index in [9.17, 15) is 0 Å². The molecule has 9 heteroatoms. The van der Waals surface area contributed by atoms with Crippen molar-refractivity contribution in [3.63, 3.8) is 0 Å². The molecule has 45 heavy (non-hydrogen) atoms. The molecule has 0 N–H and O–H groups in total. The first kappa shape index (κ1) is 24.0. The average Bonchev–Trinajstić information content (AvgIpc) is 3.79. The van der Waals surface area contributed by atoms with Crippen molar-refractivity contribution in [3.8, 4) is 34.6 Å². The van der Waals surface area contributed by atoms with Gasteiger partial charge in [0.1, 0.15) is 16.7 Å². The molecule has 3 aromatic carbocycles. The summed E-state index contributed by atoms with van der Waals surface area (Å²) >= 11 is 0. The summed E-state index contributed by atoms with van der Waals surface area (Å²) in [5.41, 5.74) is 5.40. The van der Waals surface area contributed by atoms with Crippen LogP contribution in [0.2, 0.25) is 0 Å². The number of nitrogens with zero attached hydrogens (tertiary/aromatic N) is 6. The average molecular weight is 583 g/mol. The van der Waals surface area contributed by atoms with Crippen molar-refractivity contribution in [2.75, 3.05) is 0 Å². The van der Waals surface area contributed by atoms with E-state index in [-0.39, 0.29) is 0 Å². The monoisotopic (exact) mass is 582 g/mol. The Bertz CT molecular complexity index is 2480. The van der Waals surface area contributed by atoms with Crippen LogP contribution in [0.3, 0.4) is 0 Å². The smallest absolute Gasteiger partial charge is 0.186 e. The Hall–Kier alpha value is -6.48. The molecule has 0 saturated heterocycles. The standard InChI is InChI=1S/C36H18N6O3/c1-4-10-25-19(7-1)22-13-16-37-28(31(22)43-25)34-40-35(29-32-23(14-17-38-29)20-8-2-5-11-26(20)44-32)42-36(41-34)30-33-24(15-18-39-30)21-9-3-6-12-27(21)45-33/h1-18H. The molecule has 0 spiro atoms. The number of hydrogen-bond donors (Lipinski definition) is 0. The zero-order valence-corrected chi connectivity index (χ0v) is 23.3. The number of rotatable bonds is 3. The van der Waals surface area contributed by atoms with Crippen molar-refractivity contribution in [2.24, 2.45) is 0 Å². The van der Waals surface area contributed by atoms with E-state index >= 15 is 0 Å². The van der Waals surface area contributed by atoms with Gasteiger partial charge in [0.15, 0.2) is 51.3 Å². The summed E-state index contributed by atoms with van der Waals surface area (Å²) in [6.45, 7) is 0. The molecule has 7 aromatic heterocycles. The van der Waals surface area contributed by atoms with E-state index in [1.165, 1.54) is 0 Å². The van der Waals surface area contributed by atoms with Crippen molar-refractivity contribution in [1.82, 2.24) is 29.9 Å². The maximum atomic E-state index is 6.32. The van der Waals surface area contributed by atoms with Crippen LogP contribution < -0.4 is 0 Å². The Morgan fingerprint density at radius 3 is 0.978 bits per heavy atom. The molecule has 0 aliphatic carbocycles. The third-order valence-corrected chi connectivity index (χ3v) is 8.15. The van der Waals surface area contributed by atoms with Crippen molar-refractivity contribution >= 4 is 65.8 Å². The number of aromatic nitrogens is 6. The summed E-state index contributed by atoms with van der Waals surface area (Å²) in [5, 5.41) is 5.67. The number of furan rings is 3. The summed E-state index contributed by atoms with van der Waals surface area (Å²) in [7, 11) is 0. The highest BCUT2D eigenvalue weighted by Crippen LogP contribution is 2.38. The van der Waals surface area contributed by atoms with Crippen LogP contribution in [-0.2, 0) is 0 Å². The summed E-state index contributed by atoms with van der Waals surface area (Å²) in [5.74, 6) is 0.929. The Labute approximate surface area is 252 Å². The lowest BCUT2D eigenvalue weighted by Crippen LogP contribution is -2.03. The fourth-order valence-electron chi connectivity index (χ4n) is 6.13. The lowest BCUT2D eigenvalue weighted by molar-refractivity contribution is 0.667. The van der Waals surface area contributed by atoms with Crippen LogP contribution >= 0.6 is 0 Å². The van der Waals surface area contributed by atoms with E-state index in [2.05, 4.69) is 0 Å². The molecule has 9 nitrogen and oxygen atoms in total. The molecule has 0 aliphatic rings. The molecule has 0 aliphatic heterocycles. The fourth-order valence-corrected chi connectivity index (χ4v) is 6.13. The van der Waals surface area contributed by atoms with E-state index in [0.29, 0.717) is 51.3 Å². The van der Waals surface area contributed by atoms with Gasteiger partial charge in [-0.05, 0) is 36.4 Å². The third kappa shape index (κ3) is 3.49. The molecule has 7 heterocycles. The van der Waals surface area contributed by atoms with Gasteiger partial charge in [-0.3, -0.25) is 0 Å². The number of para-hydroxylation sites is 3. The first-order chi connectivity index (χ1) is 22.3. The molecule has 0 atom stereocenters. The zero-order chi connectivity index (χ0) is 29.5. The number of hydrogen-bond acceptors (Lipinski definition) is 9. The van der Waals surface area contributed by atoms with Gasteiger partial charge in [-0.25, -0.2) is 29.9 Å². The lowest BCUT2D eigenvalue weighted by atomic mass is 10.1. The van der Waals surface area contributed by atoms with Gasteiger partial charge in [-0.2, -0.15) is 0 Å². The van der Waals surface area contributed by atoms with E-state index in [4.69, 9.17) is 43.2 Å². The van der Waals surface area contributed by atoms with Crippen LogP contribution in [0.4, 0.5) is 0 Å². The van der Waals surface area contributed by atoms with Crippen molar-refractivity contribution in [1.29, 1.82) is 0 Å². The molecule has 10 rings (SSSR count). The van der Waals surface area contributed by atoms with Gasteiger partial charge in [-0.1, -0.05) is 54.6 Å². The second-order valence-corrected chi connectivity index (χ2v) is 10.7. The van der Waals surface area contributed by atoms with E-state index in [0.717, 1.165) is 49.1 Å². The number of benzene rings is 3. The second-order valence-electron chi connectivity index (χ2n) is 10.7. The summed E-state index contributed by atoms with van der Waals surface area (Å²) in [6.07, 6.45) is 5.21. The van der Waals surface area contributed by atoms with Crippen molar-refractivity contribution < 1.29 is 13.3 Å². The predicted octanol–water partition coefficient (Wildman–Crippen LogP) is 8.76. The summed E-state index contributed by atoms with van der Waals surface area (Å²) in [6, 6.07) is 29.4. The topological polar surface area (TPSA) is 117 Å². The van der Waals surface area contributed by atoms with Crippen LogP contribution in [0.15, 0.2) is 123 Å². The molecule has 10 aromatic rings. The Morgan fingerprint density at radius 2 is 0.644 bits per heavy atom. The van der Waals surface area contributed by atoms with Gasteiger partial charge in [0.25, 0.3) is 0 Å². The molecule has 0 bridgehead atoms. The maximum absolute atomic E-state index is 6.32. The van der Waals surface area contributed by atoms with Crippen LogP contribution in [0.25, 0.3) is 100 Å². The van der Waals surface area contributed by atoms with E-state index in [1.807, 2.05) is 91.0 Å². The van der Waals surface area contributed by atoms with Gasteiger partial charge in [0.2, 0.25) is 0 Å². The zero-order valence-electron chi connectivity index (χ0n) is 23.3. The number of pyridine rings is 3. The van der Waals surface area contributed by atoms with E-state index < -0.39 is 0 Å². The lowest BCUT2D eigenvalue weighted by Gasteiger charge is -2.08. The van der Waals surface area contributed by atoms with Crippen LogP contribution in [0.5, 0.6) is 0 Å². The van der Waals surface area contributed by atoms with Gasteiger partial charge in [0.05, 0.1) is 0 Å². The van der Waals surface area contributed by atoms with Gasteiger partial charge < -0.3 is 13.3 Å². The molecule has 0 saturated carbocycles. The minimum atomic E-state index is 0.310. The Morgan fingerprint density at radius 1 is 0.333 bits per heavy atom. The fraction of sp³-hybridized carbons (Fsp3) is 0. The highest BCUT2D eigenvalue weighted by Gasteiger charge is 2.24. The SMILES string of the molecule is c1ccc2c(c1)oc1c(-c3nc(-c4nccc5c4oc4ccccc45)nc(-c4nccc5c4oc4ccccc45)n3)nccc12. The van der Waals surface area contributed by atoms with Crippen LogP contribution in [0.1, 0.15) is 0 Å². The van der Waals surface area contributed by atoms with Gasteiger partial charge >= 0.3 is 0 Å². The molecule has 0 radical (unpaired) electrons. The first-order valence-electron chi connectivity index (χ1n) is 14.4. The normalized spacial score (nSPS) is 12.0. The predicted molar refractivity (Wildman–Crippen MR) is 171 cm³/mol. The molecule has 210 valence electrons. The highest BCUT2D eigenvalue weighted by molar-refractivity contribution is 6.10. The minimum absolute atomic E-state index is 0.310. The Kier molecular flexibility index (Phi) is 4.81. The first-order valence-corrected chi connectivity index (χ1v) is 14.4. The van der Waals surface area contributed by atoms with Gasteiger partial charge in [0, 0.05) is 50.9 Å². The number of fused-ring (bicyclic) bond motifs is 9. The largest absolute Gasteiger partial charge is 0.454 e. The van der Waals surface area contributed by atoms with Crippen molar-refractivity contribution in [2.45, 2.75) is 0 Å². The van der Waals surface area contributed by atoms with Crippen molar-refractivity contribution in [3.05, 3.63) is 110 Å². The maximum Gasteiger partial charge on any atom is 0.186 e. The summed E-state index contributed by atoms with van der Waals surface area (Å²) in [4.78, 5) is 28.9. The highest BCUT2D eigenvalue weighted by atomic mass is 16.3. The summed E-state index contributed by atoms with van der Waals surface area (Å²) < 4.78 is 19.0. The van der Waals surface area contributed by atoms with Crippen LogP contribution in [0, 0.1) is 0 Å². The minimum Gasteiger partial charge on any atom is -0.454 e. The second kappa shape index (κ2) is 9.01. The molecule has 0 unspecified atom stereocenters. The molecular formula is C36H18N6O3. The molecular weight excluding hydrogens is 564 g/mol. The Balaban J connectivity index is 1.29. The van der Waals surface area contributed by atoms with Gasteiger partial charge in [-0.15, -0.1) is 0 Å². The molecule has 0 fully saturated rings. The van der Waals surface area contributed by atoms with E-state index in [1.54, 1.807) is 18.6 Å². The quantitative estimate of drug-likeness (QED) is 0.201.